The second-order valence-electron chi connectivity index (χ2n) is 6.18. The lowest BCUT2D eigenvalue weighted by molar-refractivity contribution is 0.0724. The fraction of sp³-hybridized carbons (Fsp3) is 0.263. The lowest BCUT2D eigenvalue weighted by Gasteiger charge is -2.22. The van der Waals surface area contributed by atoms with Crippen molar-refractivity contribution in [2.24, 2.45) is 7.05 Å². The molecule has 2 aromatic heterocycles. The van der Waals surface area contributed by atoms with Crippen LogP contribution in [0.1, 0.15) is 29.0 Å². The number of hydrogen-bond donors (Lipinski definition) is 0. The Balaban J connectivity index is 1.61. The number of hydrogen-bond acceptors (Lipinski definition) is 3. The van der Waals surface area contributed by atoms with E-state index in [0.717, 1.165) is 30.0 Å². The molecule has 2 heterocycles. The highest BCUT2D eigenvalue weighted by molar-refractivity contribution is 5.95. The summed E-state index contributed by atoms with van der Waals surface area (Å²) in [6, 6.07) is 11.7. The second-order valence-corrected chi connectivity index (χ2v) is 6.18. The molecule has 4 rings (SSSR count). The molecule has 1 aliphatic carbocycles. The number of benzene rings is 1. The van der Waals surface area contributed by atoms with Gasteiger partial charge in [0, 0.05) is 36.6 Å². The molecule has 0 bridgehead atoms. The van der Waals surface area contributed by atoms with Gasteiger partial charge in [0.05, 0.1) is 12.8 Å². The van der Waals surface area contributed by atoms with Gasteiger partial charge in [-0.15, -0.1) is 0 Å². The van der Waals surface area contributed by atoms with E-state index in [9.17, 15) is 4.79 Å². The SMILES string of the molecule is Cn1ccnc1CN(C(=O)c1cccc(-c2ccco2)c1)C1CC1. The monoisotopic (exact) mass is 321 g/mol. The van der Waals surface area contributed by atoms with Crippen molar-refractivity contribution in [2.75, 3.05) is 0 Å². The molecule has 0 spiro atoms. The van der Waals surface area contributed by atoms with E-state index in [-0.39, 0.29) is 5.91 Å². The zero-order valence-electron chi connectivity index (χ0n) is 13.6. The third-order valence-corrected chi connectivity index (χ3v) is 4.40. The van der Waals surface area contributed by atoms with Gasteiger partial charge in [-0.2, -0.15) is 0 Å². The summed E-state index contributed by atoms with van der Waals surface area (Å²) in [6.45, 7) is 0.540. The first-order chi connectivity index (χ1) is 11.7. The predicted octanol–water partition coefficient (Wildman–Crippen LogP) is 3.48. The third-order valence-electron chi connectivity index (χ3n) is 4.40. The lowest BCUT2D eigenvalue weighted by atomic mass is 10.1. The largest absolute Gasteiger partial charge is 0.464 e. The maximum Gasteiger partial charge on any atom is 0.254 e. The van der Waals surface area contributed by atoms with E-state index in [4.69, 9.17) is 4.42 Å². The average molecular weight is 321 g/mol. The van der Waals surface area contributed by atoms with Crippen molar-refractivity contribution in [2.45, 2.75) is 25.4 Å². The third kappa shape index (κ3) is 2.85. The Morgan fingerprint density at radius 1 is 1.33 bits per heavy atom. The Morgan fingerprint density at radius 2 is 2.21 bits per heavy atom. The van der Waals surface area contributed by atoms with E-state index < -0.39 is 0 Å². The molecule has 1 saturated carbocycles. The Labute approximate surface area is 140 Å². The first-order valence-electron chi connectivity index (χ1n) is 8.13. The predicted molar refractivity (Wildman–Crippen MR) is 90.2 cm³/mol. The summed E-state index contributed by atoms with van der Waals surface area (Å²) in [7, 11) is 1.95. The van der Waals surface area contributed by atoms with Crippen molar-refractivity contribution in [3.8, 4) is 11.3 Å². The Bertz CT molecular complexity index is 847. The number of imidazole rings is 1. The van der Waals surface area contributed by atoms with Gasteiger partial charge in [-0.3, -0.25) is 4.79 Å². The highest BCUT2D eigenvalue weighted by Crippen LogP contribution is 2.30. The minimum Gasteiger partial charge on any atom is -0.464 e. The molecule has 5 nitrogen and oxygen atoms in total. The van der Waals surface area contributed by atoms with Crippen LogP contribution in [0.4, 0.5) is 0 Å². The van der Waals surface area contributed by atoms with Gasteiger partial charge in [-0.1, -0.05) is 12.1 Å². The first-order valence-corrected chi connectivity index (χ1v) is 8.13. The molecule has 0 N–H and O–H groups in total. The lowest BCUT2D eigenvalue weighted by Crippen LogP contribution is -2.33. The molecule has 0 unspecified atom stereocenters. The van der Waals surface area contributed by atoms with E-state index in [1.165, 1.54) is 0 Å². The number of rotatable bonds is 5. The summed E-state index contributed by atoms with van der Waals surface area (Å²) in [5.74, 6) is 1.72. The van der Waals surface area contributed by atoms with E-state index >= 15 is 0 Å². The molecular formula is C19H19N3O2. The van der Waals surface area contributed by atoms with Crippen LogP contribution in [0.2, 0.25) is 0 Å². The van der Waals surface area contributed by atoms with Gasteiger partial charge in [0.2, 0.25) is 0 Å². The van der Waals surface area contributed by atoms with Crippen LogP contribution in [0.25, 0.3) is 11.3 Å². The van der Waals surface area contributed by atoms with Gasteiger partial charge < -0.3 is 13.9 Å². The Morgan fingerprint density at radius 3 is 2.88 bits per heavy atom. The van der Waals surface area contributed by atoms with Gasteiger partial charge in [-0.05, 0) is 37.1 Å². The fourth-order valence-corrected chi connectivity index (χ4v) is 2.87. The Hall–Kier alpha value is -2.82. The van der Waals surface area contributed by atoms with Gasteiger partial charge in [0.25, 0.3) is 5.91 Å². The summed E-state index contributed by atoms with van der Waals surface area (Å²) in [4.78, 5) is 19.3. The van der Waals surface area contributed by atoms with Gasteiger partial charge in [-0.25, -0.2) is 4.98 Å². The van der Waals surface area contributed by atoms with Crippen LogP contribution in [0.15, 0.2) is 59.5 Å². The van der Waals surface area contributed by atoms with Gasteiger partial charge in [0.15, 0.2) is 0 Å². The molecular weight excluding hydrogens is 302 g/mol. The molecule has 0 radical (unpaired) electrons. The average Bonchev–Trinajstić information content (AvgIpc) is 3.13. The number of carbonyl (C=O) groups is 1. The summed E-state index contributed by atoms with van der Waals surface area (Å²) in [5.41, 5.74) is 1.60. The number of aryl methyl sites for hydroxylation is 1. The quantitative estimate of drug-likeness (QED) is 0.723. The van der Waals surface area contributed by atoms with Crippen molar-refractivity contribution in [3.05, 3.63) is 66.4 Å². The molecule has 0 atom stereocenters. The number of furan rings is 1. The summed E-state index contributed by atoms with van der Waals surface area (Å²) < 4.78 is 7.40. The standard InChI is InChI=1S/C19H19N3O2/c1-21-10-9-20-18(21)13-22(16-7-8-16)19(23)15-5-2-4-14(12-15)17-6-3-11-24-17/h2-6,9-12,16H,7-8,13H2,1H3. The van der Waals surface area contributed by atoms with Crippen molar-refractivity contribution in [1.29, 1.82) is 0 Å². The number of carbonyl (C=O) groups excluding carboxylic acids is 1. The topological polar surface area (TPSA) is 51.3 Å². The van der Waals surface area contributed by atoms with Crippen LogP contribution < -0.4 is 0 Å². The second kappa shape index (κ2) is 6.00. The molecule has 1 amide bonds. The van der Waals surface area contributed by atoms with E-state index in [1.54, 1.807) is 12.5 Å². The minimum atomic E-state index is 0.0499. The van der Waals surface area contributed by atoms with Crippen LogP contribution in [0, 0.1) is 0 Å². The number of amides is 1. The summed E-state index contributed by atoms with van der Waals surface area (Å²) in [5, 5.41) is 0. The van der Waals surface area contributed by atoms with E-state index in [0.29, 0.717) is 18.2 Å². The molecule has 0 aliphatic heterocycles. The van der Waals surface area contributed by atoms with Crippen LogP contribution >= 0.6 is 0 Å². The van der Waals surface area contributed by atoms with Crippen LogP contribution in [-0.4, -0.2) is 26.4 Å². The molecule has 1 aliphatic rings. The number of nitrogens with zero attached hydrogens (tertiary/aromatic N) is 3. The fourth-order valence-electron chi connectivity index (χ4n) is 2.87. The molecule has 1 aromatic carbocycles. The Kier molecular flexibility index (Phi) is 3.69. The molecule has 24 heavy (non-hydrogen) atoms. The minimum absolute atomic E-state index is 0.0499. The van der Waals surface area contributed by atoms with Crippen molar-refractivity contribution >= 4 is 5.91 Å². The van der Waals surface area contributed by atoms with Crippen LogP contribution in [0.3, 0.4) is 0 Å². The molecule has 3 aromatic rings. The van der Waals surface area contributed by atoms with Gasteiger partial charge >= 0.3 is 0 Å². The number of aromatic nitrogens is 2. The van der Waals surface area contributed by atoms with Crippen molar-refractivity contribution in [3.63, 3.8) is 0 Å². The highest BCUT2D eigenvalue weighted by Gasteiger charge is 2.33. The molecule has 0 saturated heterocycles. The zero-order valence-corrected chi connectivity index (χ0v) is 13.6. The molecule has 1 fully saturated rings. The van der Waals surface area contributed by atoms with Crippen LogP contribution in [-0.2, 0) is 13.6 Å². The normalized spacial score (nSPS) is 13.9. The zero-order chi connectivity index (χ0) is 16.5. The van der Waals surface area contributed by atoms with Crippen LogP contribution in [0.5, 0.6) is 0 Å². The van der Waals surface area contributed by atoms with E-state index in [1.807, 2.05) is 59.1 Å². The summed E-state index contributed by atoms with van der Waals surface area (Å²) >= 11 is 0. The maximum absolute atomic E-state index is 13.0. The summed E-state index contributed by atoms with van der Waals surface area (Å²) in [6.07, 6.45) is 7.44. The maximum atomic E-state index is 13.0. The molecule has 5 heteroatoms. The highest BCUT2D eigenvalue weighted by atomic mass is 16.3. The smallest absolute Gasteiger partial charge is 0.254 e. The van der Waals surface area contributed by atoms with Gasteiger partial charge in [0.1, 0.15) is 11.6 Å². The molecule has 122 valence electrons. The van der Waals surface area contributed by atoms with E-state index in [2.05, 4.69) is 4.98 Å². The van der Waals surface area contributed by atoms with Crippen molar-refractivity contribution in [1.82, 2.24) is 14.5 Å². The van der Waals surface area contributed by atoms with Crippen molar-refractivity contribution < 1.29 is 9.21 Å². The first kappa shape index (κ1) is 14.8.